The van der Waals surface area contributed by atoms with Crippen LogP contribution in [0.25, 0.3) is 0 Å². The van der Waals surface area contributed by atoms with Gasteiger partial charge < -0.3 is 10.2 Å². The van der Waals surface area contributed by atoms with Crippen molar-refractivity contribution < 1.29 is 19.8 Å². The average Bonchev–Trinajstić information content (AvgIpc) is 2.11. The number of carboxylic acids is 2. The molecule has 4 nitrogen and oxygen atoms in total. The van der Waals surface area contributed by atoms with E-state index in [2.05, 4.69) is 0 Å². The monoisotopic (exact) mass is 202 g/mol. The zero-order valence-corrected chi connectivity index (χ0v) is 8.91. The summed E-state index contributed by atoms with van der Waals surface area (Å²) in [6, 6.07) is 0. The Kier molecular flexibility index (Phi) is 4.60. The van der Waals surface area contributed by atoms with Crippen molar-refractivity contribution in [2.75, 3.05) is 0 Å². The number of hydrogen-bond acceptors (Lipinski definition) is 2. The van der Waals surface area contributed by atoms with E-state index in [0.717, 1.165) is 12.8 Å². The van der Waals surface area contributed by atoms with Crippen molar-refractivity contribution in [2.24, 2.45) is 11.3 Å². The van der Waals surface area contributed by atoms with Crippen LogP contribution in [0.5, 0.6) is 0 Å². The SMILES string of the molecule is CCCCC(C)C(C)(C(=O)O)C(=O)O. The van der Waals surface area contributed by atoms with Crippen LogP contribution in [0.1, 0.15) is 40.0 Å². The lowest BCUT2D eigenvalue weighted by Gasteiger charge is -2.26. The van der Waals surface area contributed by atoms with Crippen LogP contribution < -0.4 is 0 Å². The molecule has 0 aliphatic heterocycles. The number of aliphatic carboxylic acids is 2. The Balaban J connectivity index is 4.65. The van der Waals surface area contributed by atoms with Gasteiger partial charge in [0.25, 0.3) is 0 Å². The zero-order valence-electron chi connectivity index (χ0n) is 8.91. The normalized spacial score (nSPS) is 13.6. The van der Waals surface area contributed by atoms with Crippen molar-refractivity contribution in [1.82, 2.24) is 0 Å². The first-order chi connectivity index (χ1) is 6.37. The van der Waals surface area contributed by atoms with Crippen LogP contribution in [0.15, 0.2) is 0 Å². The van der Waals surface area contributed by atoms with Crippen LogP contribution in [0.2, 0.25) is 0 Å². The molecule has 0 amide bonds. The fraction of sp³-hybridized carbons (Fsp3) is 0.800. The minimum atomic E-state index is -1.66. The molecule has 1 unspecified atom stereocenters. The smallest absolute Gasteiger partial charge is 0.321 e. The van der Waals surface area contributed by atoms with Crippen molar-refractivity contribution in [3.63, 3.8) is 0 Å². The second-order valence-corrected chi connectivity index (χ2v) is 3.86. The summed E-state index contributed by atoms with van der Waals surface area (Å²) < 4.78 is 0. The van der Waals surface area contributed by atoms with Gasteiger partial charge in [0.1, 0.15) is 0 Å². The lowest BCUT2D eigenvalue weighted by Crippen LogP contribution is -2.42. The number of hydrogen-bond donors (Lipinski definition) is 2. The summed E-state index contributed by atoms with van der Waals surface area (Å²) in [5, 5.41) is 17.8. The van der Waals surface area contributed by atoms with Crippen molar-refractivity contribution in [2.45, 2.75) is 40.0 Å². The molecule has 0 fully saturated rings. The summed E-state index contributed by atoms with van der Waals surface area (Å²) in [5.41, 5.74) is -1.66. The van der Waals surface area contributed by atoms with E-state index in [4.69, 9.17) is 10.2 Å². The van der Waals surface area contributed by atoms with Crippen molar-refractivity contribution >= 4 is 11.9 Å². The molecule has 0 rings (SSSR count). The Labute approximate surface area is 83.9 Å². The van der Waals surface area contributed by atoms with Crippen LogP contribution in [-0.4, -0.2) is 22.2 Å². The number of carbonyl (C=O) groups is 2. The molecule has 2 N–H and O–H groups in total. The maximum Gasteiger partial charge on any atom is 0.321 e. The topological polar surface area (TPSA) is 74.6 Å². The quantitative estimate of drug-likeness (QED) is 0.646. The van der Waals surface area contributed by atoms with Crippen LogP contribution in [0.4, 0.5) is 0 Å². The van der Waals surface area contributed by atoms with Crippen molar-refractivity contribution in [1.29, 1.82) is 0 Å². The van der Waals surface area contributed by atoms with E-state index >= 15 is 0 Å². The summed E-state index contributed by atoms with van der Waals surface area (Å²) in [6.45, 7) is 4.95. The van der Waals surface area contributed by atoms with Crippen LogP contribution in [0, 0.1) is 11.3 Å². The molecule has 1 atom stereocenters. The van der Waals surface area contributed by atoms with E-state index in [1.54, 1.807) is 6.92 Å². The highest BCUT2D eigenvalue weighted by Gasteiger charge is 2.46. The van der Waals surface area contributed by atoms with Gasteiger partial charge in [-0.1, -0.05) is 26.7 Å². The Bertz CT molecular complexity index is 208. The first-order valence-corrected chi connectivity index (χ1v) is 4.84. The highest BCUT2D eigenvalue weighted by molar-refractivity contribution is 5.98. The van der Waals surface area contributed by atoms with Gasteiger partial charge in [0, 0.05) is 0 Å². The maximum atomic E-state index is 10.9. The highest BCUT2D eigenvalue weighted by Crippen LogP contribution is 2.31. The fourth-order valence-corrected chi connectivity index (χ4v) is 1.31. The summed E-state index contributed by atoms with van der Waals surface area (Å²) in [7, 11) is 0. The van der Waals surface area contributed by atoms with E-state index in [0.29, 0.717) is 6.42 Å². The van der Waals surface area contributed by atoms with E-state index in [1.807, 2.05) is 6.92 Å². The van der Waals surface area contributed by atoms with E-state index in [1.165, 1.54) is 6.92 Å². The summed E-state index contributed by atoms with van der Waals surface area (Å²) >= 11 is 0. The molecule has 0 aromatic rings. The Morgan fingerprint density at radius 3 is 2.00 bits per heavy atom. The first kappa shape index (κ1) is 12.9. The standard InChI is InChI=1S/C10H18O4/c1-4-5-6-7(2)10(3,8(11)12)9(13)14/h7H,4-6H2,1-3H3,(H,11,12)(H,13,14). The molecule has 0 heterocycles. The van der Waals surface area contributed by atoms with Crippen LogP contribution in [0.3, 0.4) is 0 Å². The van der Waals surface area contributed by atoms with Gasteiger partial charge in [0.05, 0.1) is 0 Å². The minimum Gasteiger partial charge on any atom is -0.480 e. The third kappa shape index (κ3) is 2.47. The zero-order chi connectivity index (χ0) is 11.4. The molecule has 0 spiro atoms. The number of unbranched alkanes of at least 4 members (excludes halogenated alkanes) is 1. The maximum absolute atomic E-state index is 10.9. The predicted octanol–water partition coefficient (Wildman–Crippen LogP) is 1.99. The first-order valence-electron chi connectivity index (χ1n) is 4.84. The van der Waals surface area contributed by atoms with E-state index in [9.17, 15) is 9.59 Å². The molecule has 0 aliphatic carbocycles. The molecule has 0 aromatic heterocycles. The van der Waals surface area contributed by atoms with Gasteiger partial charge in [0.2, 0.25) is 0 Å². The van der Waals surface area contributed by atoms with Gasteiger partial charge in [-0.05, 0) is 19.3 Å². The molecular weight excluding hydrogens is 184 g/mol. The van der Waals surface area contributed by atoms with Crippen LogP contribution >= 0.6 is 0 Å². The van der Waals surface area contributed by atoms with Crippen LogP contribution in [-0.2, 0) is 9.59 Å². The third-order valence-corrected chi connectivity index (χ3v) is 2.86. The van der Waals surface area contributed by atoms with Gasteiger partial charge in [-0.2, -0.15) is 0 Å². The lowest BCUT2D eigenvalue weighted by molar-refractivity contribution is -0.167. The number of carboxylic acid groups (broad SMARTS) is 2. The second kappa shape index (κ2) is 4.98. The molecule has 0 saturated heterocycles. The predicted molar refractivity (Wildman–Crippen MR) is 52.1 cm³/mol. The summed E-state index contributed by atoms with van der Waals surface area (Å²) in [6.07, 6.45) is 2.43. The summed E-state index contributed by atoms with van der Waals surface area (Å²) in [4.78, 5) is 21.8. The van der Waals surface area contributed by atoms with Gasteiger partial charge in [-0.15, -0.1) is 0 Å². The highest BCUT2D eigenvalue weighted by atomic mass is 16.4. The molecule has 82 valence electrons. The van der Waals surface area contributed by atoms with Gasteiger partial charge in [0.15, 0.2) is 5.41 Å². The lowest BCUT2D eigenvalue weighted by atomic mass is 9.76. The molecular formula is C10H18O4. The Morgan fingerprint density at radius 2 is 1.71 bits per heavy atom. The molecule has 0 radical (unpaired) electrons. The van der Waals surface area contributed by atoms with Gasteiger partial charge in [-0.25, -0.2) is 0 Å². The van der Waals surface area contributed by atoms with E-state index in [-0.39, 0.29) is 5.92 Å². The summed E-state index contributed by atoms with van der Waals surface area (Å²) in [5.74, 6) is -2.86. The average molecular weight is 202 g/mol. The Hall–Kier alpha value is -1.06. The molecule has 0 aliphatic rings. The van der Waals surface area contributed by atoms with Crippen molar-refractivity contribution in [3.8, 4) is 0 Å². The molecule has 0 saturated carbocycles. The van der Waals surface area contributed by atoms with Gasteiger partial charge in [-0.3, -0.25) is 9.59 Å². The molecule has 4 heteroatoms. The second-order valence-electron chi connectivity index (χ2n) is 3.86. The largest absolute Gasteiger partial charge is 0.480 e. The number of rotatable bonds is 6. The molecule has 0 bridgehead atoms. The third-order valence-electron chi connectivity index (χ3n) is 2.86. The fourth-order valence-electron chi connectivity index (χ4n) is 1.31. The van der Waals surface area contributed by atoms with Gasteiger partial charge >= 0.3 is 11.9 Å². The minimum absolute atomic E-state index is 0.350. The Morgan fingerprint density at radius 1 is 1.29 bits per heavy atom. The van der Waals surface area contributed by atoms with Crippen molar-refractivity contribution in [3.05, 3.63) is 0 Å². The molecule has 0 aromatic carbocycles. The van der Waals surface area contributed by atoms with E-state index < -0.39 is 17.4 Å². The molecule has 14 heavy (non-hydrogen) atoms.